The highest BCUT2D eigenvalue weighted by molar-refractivity contribution is 8.00. The van der Waals surface area contributed by atoms with Gasteiger partial charge in [-0.2, -0.15) is 0 Å². The van der Waals surface area contributed by atoms with Crippen LogP contribution in [-0.2, 0) is 9.59 Å². The standard InChI is InChI=1S/C15H15NO3S/c17-12(14-13(15(18)19)16-8-20-14)7-10-6-5-9-3-1-2-4-11(9)10/h1-6,10,13-14,16H,7-8H2,(H,18,19)/t10?,13-,14?/m0/s1. The first kappa shape index (κ1) is 13.4. The molecule has 104 valence electrons. The number of carboxylic acids is 1. The van der Waals surface area contributed by atoms with Crippen LogP contribution < -0.4 is 5.32 Å². The van der Waals surface area contributed by atoms with Gasteiger partial charge in [0.1, 0.15) is 11.8 Å². The molecule has 5 heteroatoms. The van der Waals surface area contributed by atoms with Gasteiger partial charge in [0.15, 0.2) is 0 Å². The average molecular weight is 289 g/mol. The number of carboxylic acid groups (broad SMARTS) is 1. The second kappa shape index (κ2) is 5.42. The van der Waals surface area contributed by atoms with E-state index in [1.54, 1.807) is 0 Å². The molecule has 2 aliphatic rings. The van der Waals surface area contributed by atoms with Crippen LogP contribution in [0.2, 0.25) is 0 Å². The zero-order valence-electron chi connectivity index (χ0n) is 10.8. The van der Waals surface area contributed by atoms with E-state index in [1.807, 2.05) is 36.4 Å². The molecule has 0 aromatic heterocycles. The Kier molecular flexibility index (Phi) is 3.63. The Bertz CT molecular complexity index is 584. The molecule has 0 radical (unpaired) electrons. The molecule has 0 spiro atoms. The van der Waals surface area contributed by atoms with Gasteiger partial charge in [0.25, 0.3) is 0 Å². The minimum atomic E-state index is -0.948. The summed E-state index contributed by atoms with van der Waals surface area (Å²) >= 11 is 1.39. The molecule has 2 N–H and O–H groups in total. The van der Waals surface area contributed by atoms with Crippen LogP contribution in [-0.4, -0.2) is 34.0 Å². The summed E-state index contributed by atoms with van der Waals surface area (Å²) in [5.74, 6) is -0.339. The monoisotopic (exact) mass is 289 g/mol. The number of nitrogens with one attached hydrogen (secondary N) is 1. The van der Waals surface area contributed by atoms with E-state index in [0.29, 0.717) is 12.3 Å². The Labute approximate surface area is 121 Å². The molecular weight excluding hydrogens is 274 g/mol. The summed E-state index contributed by atoms with van der Waals surface area (Å²) in [5.41, 5.74) is 2.31. The van der Waals surface area contributed by atoms with Gasteiger partial charge in [0.2, 0.25) is 0 Å². The van der Waals surface area contributed by atoms with Gasteiger partial charge in [-0.1, -0.05) is 36.4 Å². The average Bonchev–Trinajstić information content (AvgIpc) is 3.06. The topological polar surface area (TPSA) is 66.4 Å². The third-order valence-electron chi connectivity index (χ3n) is 3.78. The lowest BCUT2D eigenvalue weighted by Crippen LogP contribution is -2.41. The molecule has 0 bridgehead atoms. The fourth-order valence-electron chi connectivity index (χ4n) is 2.76. The number of aliphatic carboxylic acids is 1. The molecule has 2 unspecified atom stereocenters. The van der Waals surface area contributed by atoms with Crippen LogP contribution in [0.4, 0.5) is 0 Å². The second-order valence-electron chi connectivity index (χ2n) is 5.02. The van der Waals surface area contributed by atoms with E-state index in [2.05, 4.69) is 5.32 Å². The van der Waals surface area contributed by atoms with Crippen LogP contribution >= 0.6 is 11.8 Å². The van der Waals surface area contributed by atoms with Gasteiger partial charge < -0.3 is 5.11 Å². The van der Waals surface area contributed by atoms with Gasteiger partial charge in [-0.15, -0.1) is 11.8 Å². The number of carbonyl (C=O) groups is 2. The molecule has 4 nitrogen and oxygen atoms in total. The number of allylic oxidation sites excluding steroid dienone is 1. The number of hydrogen-bond donors (Lipinski definition) is 2. The molecule has 1 heterocycles. The fourth-order valence-corrected chi connectivity index (χ4v) is 3.90. The zero-order chi connectivity index (χ0) is 14.1. The number of ketones is 1. The van der Waals surface area contributed by atoms with Crippen molar-refractivity contribution < 1.29 is 14.7 Å². The van der Waals surface area contributed by atoms with Crippen molar-refractivity contribution >= 4 is 29.6 Å². The fraction of sp³-hybridized carbons (Fsp3) is 0.333. The van der Waals surface area contributed by atoms with Crippen LogP contribution in [0.5, 0.6) is 0 Å². The van der Waals surface area contributed by atoms with Crippen LogP contribution in [0.1, 0.15) is 23.5 Å². The maximum absolute atomic E-state index is 12.4. The number of rotatable bonds is 4. The molecule has 3 atom stereocenters. The Morgan fingerprint density at radius 1 is 1.35 bits per heavy atom. The quantitative estimate of drug-likeness (QED) is 0.886. The first-order chi connectivity index (χ1) is 9.66. The van der Waals surface area contributed by atoms with E-state index >= 15 is 0 Å². The lowest BCUT2D eigenvalue weighted by molar-refractivity contribution is -0.140. The van der Waals surface area contributed by atoms with Gasteiger partial charge >= 0.3 is 5.97 Å². The maximum atomic E-state index is 12.4. The van der Waals surface area contributed by atoms with E-state index in [4.69, 9.17) is 5.11 Å². The van der Waals surface area contributed by atoms with Gasteiger partial charge in [-0.05, 0) is 11.1 Å². The van der Waals surface area contributed by atoms with Gasteiger partial charge in [-0.25, -0.2) is 0 Å². The van der Waals surface area contributed by atoms with E-state index in [0.717, 1.165) is 11.1 Å². The van der Waals surface area contributed by atoms with Gasteiger partial charge in [0, 0.05) is 18.2 Å². The number of fused-ring (bicyclic) bond motifs is 1. The molecule has 1 aromatic rings. The van der Waals surface area contributed by atoms with E-state index < -0.39 is 17.3 Å². The van der Waals surface area contributed by atoms with Crippen molar-refractivity contribution in [2.24, 2.45) is 0 Å². The third kappa shape index (κ3) is 2.39. The van der Waals surface area contributed by atoms with Crippen LogP contribution in [0.15, 0.2) is 30.3 Å². The highest BCUT2D eigenvalue weighted by Crippen LogP contribution is 2.34. The third-order valence-corrected chi connectivity index (χ3v) is 5.00. The number of hydrogen-bond acceptors (Lipinski definition) is 4. The van der Waals surface area contributed by atoms with Gasteiger partial charge in [-0.3, -0.25) is 14.9 Å². The van der Waals surface area contributed by atoms with E-state index in [-0.39, 0.29) is 11.7 Å². The van der Waals surface area contributed by atoms with Crippen LogP contribution in [0, 0.1) is 0 Å². The van der Waals surface area contributed by atoms with Crippen molar-refractivity contribution in [2.45, 2.75) is 23.6 Å². The first-order valence-electron chi connectivity index (χ1n) is 6.54. The maximum Gasteiger partial charge on any atom is 0.322 e. The molecule has 1 saturated heterocycles. The highest BCUT2D eigenvalue weighted by atomic mass is 32.2. The van der Waals surface area contributed by atoms with Crippen molar-refractivity contribution in [1.82, 2.24) is 5.32 Å². The van der Waals surface area contributed by atoms with Crippen molar-refractivity contribution in [3.05, 3.63) is 41.5 Å². The number of Topliss-reactive ketones (excluding diaryl/α,β-unsaturated/α-hetero) is 1. The minimum absolute atomic E-state index is 0.0127. The summed E-state index contributed by atoms with van der Waals surface area (Å²) in [4.78, 5) is 23.5. The Balaban J connectivity index is 1.72. The summed E-state index contributed by atoms with van der Waals surface area (Å²) in [6, 6.07) is 7.25. The lowest BCUT2D eigenvalue weighted by Gasteiger charge is -2.16. The summed E-state index contributed by atoms with van der Waals surface area (Å²) in [5, 5.41) is 11.5. The molecule has 1 aliphatic carbocycles. The summed E-state index contributed by atoms with van der Waals surface area (Å²) in [6.07, 6.45) is 4.43. The summed E-state index contributed by atoms with van der Waals surface area (Å²) in [7, 11) is 0. The Morgan fingerprint density at radius 2 is 2.15 bits per heavy atom. The Morgan fingerprint density at radius 3 is 2.95 bits per heavy atom. The normalized spacial score (nSPS) is 27.5. The molecule has 1 aromatic carbocycles. The van der Waals surface area contributed by atoms with Crippen molar-refractivity contribution in [2.75, 3.05) is 5.88 Å². The molecule has 3 rings (SSSR count). The number of carbonyl (C=O) groups excluding carboxylic acids is 1. The van der Waals surface area contributed by atoms with Crippen molar-refractivity contribution in [1.29, 1.82) is 0 Å². The van der Waals surface area contributed by atoms with Gasteiger partial charge in [0.05, 0.1) is 5.25 Å². The van der Waals surface area contributed by atoms with Crippen LogP contribution in [0.25, 0.3) is 6.08 Å². The smallest absolute Gasteiger partial charge is 0.322 e. The second-order valence-corrected chi connectivity index (χ2v) is 6.15. The van der Waals surface area contributed by atoms with Crippen molar-refractivity contribution in [3.63, 3.8) is 0 Å². The zero-order valence-corrected chi connectivity index (χ0v) is 11.6. The van der Waals surface area contributed by atoms with Crippen molar-refractivity contribution in [3.8, 4) is 0 Å². The Hall–Kier alpha value is -1.59. The van der Waals surface area contributed by atoms with Crippen LogP contribution in [0.3, 0.4) is 0 Å². The largest absolute Gasteiger partial charge is 0.480 e. The number of benzene rings is 1. The highest BCUT2D eigenvalue weighted by Gasteiger charge is 2.38. The predicted octanol–water partition coefficient (Wildman–Crippen LogP) is 1.87. The molecule has 0 saturated carbocycles. The summed E-state index contributed by atoms with van der Waals surface area (Å²) in [6.45, 7) is 0. The predicted molar refractivity (Wildman–Crippen MR) is 78.6 cm³/mol. The SMILES string of the molecule is O=C(CC1C=Cc2ccccc21)C1SCN[C@@H]1C(=O)O. The molecule has 1 fully saturated rings. The molecular formula is C15H15NO3S. The minimum Gasteiger partial charge on any atom is -0.480 e. The van der Waals surface area contributed by atoms with E-state index in [1.165, 1.54) is 11.8 Å². The first-order valence-corrected chi connectivity index (χ1v) is 7.59. The van der Waals surface area contributed by atoms with E-state index in [9.17, 15) is 9.59 Å². The molecule has 1 aliphatic heterocycles. The number of thioether (sulfide) groups is 1. The molecule has 20 heavy (non-hydrogen) atoms. The molecule has 0 amide bonds. The summed E-state index contributed by atoms with van der Waals surface area (Å²) < 4.78 is 0. The lowest BCUT2D eigenvalue weighted by atomic mass is 9.93.